The van der Waals surface area contributed by atoms with Crippen molar-refractivity contribution in [2.24, 2.45) is 5.92 Å². The van der Waals surface area contributed by atoms with Crippen LogP contribution in [-0.4, -0.2) is 61.9 Å². The number of carbonyl (C=O) groups is 2. The van der Waals surface area contributed by atoms with Crippen molar-refractivity contribution in [1.29, 1.82) is 0 Å². The molecule has 0 spiro atoms. The van der Waals surface area contributed by atoms with Gasteiger partial charge in [-0.3, -0.25) is 9.59 Å². The number of aryl methyl sites for hydroxylation is 2. The van der Waals surface area contributed by atoms with Crippen molar-refractivity contribution < 1.29 is 14.3 Å². The van der Waals surface area contributed by atoms with Crippen molar-refractivity contribution in [2.75, 3.05) is 20.2 Å². The molecule has 0 bridgehead atoms. The molecule has 11 heteroatoms. The number of thioether (sulfide) groups is 1. The van der Waals surface area contributed by atoms with Gasteiger partial charge in [0.1, 0.15) is 0 Å². The SMILES string of the molecule is COC(=O)C1CCN(C(=O)c2nnn(-c3ccc(Br)cc3)c2CSc2nc(C)cc(C)n2)CC1. The van der Waals surface area contributed by atoms with Crippen LogP contribution in [0.15, 0.2) is 40.0 Å². The normalized spacial score (nSPS) is 14.3. The maximum Gasteiger partial charge on any atom is 0.308 e. The van der Waals surface area contributed by atoms with E-state index in [0.717, 1.165) is 21.5 Å². The van der Waals surface area contributed by atoms with E-state index in [1.807, 2.05) is 44.2 Å². The molecule has 178 valence electrons. The molecule has 2 aromatic heterocycles. The lowest BCUT2D eigenvalue weighted by molar-refractivity contribution is -0.146. The highest BCUT2D eigenvalue weighted by atomic mass is 79.9. The van der Waals surface area contributed by atoms with Crippen LogP contribution < -0.4 is 0 Å². The average molecular weight is 545 g/mol. The summed E-state index contributed by atoms with van der Waals surface area (Å²) >= 11 is 4.89. The van der Waals surface area contributed by atoms with Gasteiger partial charge in [-0.25, -0.2) is 14.6 Å². The molecular formula is C23H25BrN6O3S. The number of amides is 1. The zero-order chi connectivity index (χ0) is 24.2. The van der Waals surface area contributed by atoms with E-state index in [2.05, 4.69) is 36.2 Å². The second-order valence-corrected chi connectivity index (χ2v) is 9.94. The van der Waals surface area contributed by atoms with Crippen LogP contribution in [0.25, 0.3) is 5.69 Å². The Morgan fingerprint density at radius 2 is 1.76 bits per heavy atom. The van der Waals surface area contributed by atoms with E-state index < -0.39 is 0 Å². The molecule has 3 aromatic rings. The third-order valence-corrected chi connectivity index (χ3v) is 7.04. The number of ether oxygens (including phenoxy) is 1. The lowest BCUT2D eigenvalue weighted by atomic mass is 9.97. The van der Waals surface area contributed by atoms with Crippen LogP contribution >= 0.6 is 27.7 Å². The maximum absolute atomic E-state index is 13.4. The van der Waals surface area contributed by atoms with Gasteiger partial charge in [0.25, 0.3) is 5.91 Å². The lowest BCUT2D eigenvalue weighted by Crippen LogP contribution is -2.41. The van der Waals surface area contributed by atoms with Crippen LogP contribution in [-0.2, 0) is 15.3 Å². The van der Waals surface area contributed by atoms with E-state index in [1.165, 1.54) is 18.9 Å². The highest BCUT2D eigenvalue weighted by Crippen LogP contribution is 2.26. The number of hydrogen-bond donors (Lipinski definition) is 0. The van der Waals surface area contributed by atoms with Crippen molar-refractivity contribution >= 4 is 39.6 Å². The van der Waals surface area contributed by atoms with Crippen LogP contribution in [0.4, 0.5) is 0 Å². The Labute approximate surface area is 210 Å². The Hall–Kier alpha value is -2.79. The zero-order valence-corrected chi connectivity index (χ0v) is 21.6. The summed E-state index contributed by atoms with van der Waals surface area (Å²) in [4.78, 5) is 36.0. The Morgan fingerprint density at radius 3 is 2.38 bits per heavy atom. The van der Waals surface area contributed by atoms with E-state index in [1.54, 1.807) is 9.58 Å². The first-order chi connectivity index (χ1) is 16.4. The Morgan fingerprint density at radius 1 is 1.12 bits per heavy atom. The van der Waals surface area contributed by atoms with Gasteiger partial charge in [0.2, 0.25) is 0 Å². The number of benzene rings is 1. The van der Waals surface area contributed by atoms with Crippen molar-refractivity contribution in [3.8, 4) is 5.69 Å². The molecule has 1 aromatic carbocycles. The van der Waals surface area contributed by atoms with Gasteiger partial charge in [-0.05, 0) is 57.0 Å². The zero-order valence-electron chi connectivity index (χ0n) is 19.2. The number of carbonyl (C=O) groups excluding carboxylic acids is 2. The van der Waals surface area contributed by atoms with E-state index in [-0.39, 0.29) is 17.8 Å². The fraction of sp³-hybridized carbons (Fsp3) is 0.391. The molecule has 1 amide bonds. The molecule has 1 saturated heterocycles. The van der Waals surface area contributed by atoms with E-state index in [9.17, 15) is 9.59 Å². The maximum atomic E-state index is 13.4. The molecule has 4 rings (SSSR count). The summed E-state index contributed by atoms with van der Waals surface area (Å²) in [5.74, 6) is -0.169. The minimum atomic E-state index is -0.223. The molecule has 0 N–H and O–H groups in total. The number of methoxy groups -OCH3 is 1. The van der Waals surface area contributed by atoms with Gasteiger partial charge < -0.3 is 9.64 Å². The van der Waals surface area contributed by atoms with Gasteiger partial charge in [0, 0.05) is 34.7 Å². The summed E-state index contributed by atoms with van der Waals surface area (Å²) in [5.41, 5.74) is 3.56. The predicted octanol–water partition coefficient (Wildman–Crippen LogP) is 3.75. The van der Waals surface area contributed by atoms with Gasteiger partial charge in [-0.1, -0.05) is 32.9 Å². The van der Waals surface area contributed by atoms with E-state index in [4.69, 9.17) is 4.74 Å². The van der Waals surface area contributed by atoms with Crippen LogP contribution in [0.5, 0.6) is 0 Å². The first kappa shape index (κ1) is 24.3. The van der Waals surface area contributed by atoms with Crippen LogP contribution in [0, 0.1) is 19.8 Å². The van der Waals surface area contributed by atoms with Gasteiger partial charge in [-0.15, -0.1) is 5.10 Å². The van der Waals surface area contributed by atoms with Gasteiger partial charge in [0.15, 0.2) is 10.9 Å². The Kier molecular flexibility index (Phi) is 7.62. The number of piperidine rings is 1. The minimum Gasteiger partial charge on any atom is -0.469 e. The van der Waals surface area contributed by atoms with Crippen molar-refractivity contribution in [3.05, 3.63) is 57.6 Å². The number of halogens is 1. The number of aromatic nitrogens is 5. The molecule has 0 aliphatic carbocycles. The van der Waals surface area contributed by atoms with Crippen molar-refractivity contribution in [2.45, 2.75) is 37.6 Å². The molecule has 3 heterocycles. The fourth-order valence-electron chi connectivity index (χ4n) is 3.91. The molecule has 1 aliphatic rings. The van der Waals surface area contributed by atoms with Gasteiger partial charge >= 0.3 is 5.97 Å². The minimum absolute atomic E-state index is 0.177. The van der Waals surface area contributed by atoms with E-state index >= 15 is 0 Å². The number of nitrogens with zero attached hydrogens (tertiary/aromatic N) is 6. The first-order valence-corrected chi connectivity index (χ1v) is 12.7. The quantitative estimate of drug-likeness (QED) is 0.262. The highest BCUT2D eigenvalue weighted by molar-refractivity contribution is 9.10. The smallest absolute Gasteiger partial charge is 0.308 e. The topological polar surface area (TPSA) is 103 Å². The molecular weight excluding hydrogens is 520 g/mol. The fourth-order valence-corrected chi connectivity index (χ4v) is 5.12. The average Bonchev–Trinajstić information content (AvgIpc) is 3.25. The Balaban J connectivity index is 1.61. The third kappa shape index (κ3) is 5.47. The molecule has 0 saturated carbocycles. The summed E-state index contributed by atoms with van der Waals surface area (Å²) in [5, 5.41) is 9.22. The number of likely N-dealkylation sites (tertiary alicyclic amines) is 1. The molecule has 0 atom stereocenters. The third-order valence-electron chi connectivity index (χ3n) is 5.65. The summed E-state index contributed by atoms with van der Waals surface area (Å²) in [6.07, 6.45) is 1.14. The predicted molar refractivity (Wildman–Crippen MR) is 131 cm³/mol. The summed E-state index contributed by atoms with van der Waals surface area (Å²) < 4.78 is 7.49. The summed E-state index contributed by atoms with van der Waals surface area (Å²) in [6.45, 7) is 4.80. The molecule has 1 aliphatic heterocycles. The monoisotopic (exact) mass is 544 g/mol. The molecule has 1 fully saturated rings. The molecule has 0 unspecified atom stereocenters. The standard InChI is InChI=1S/C23H25BrN6O3S/c1-14-12-15(2)26-23(25-14)34-13-19-20(27-28-30(19)18-6-4-17(24)5-7-18)21(31)29-10-8-16(9-11-29)22(32)33-3/h4-7,12,16H,8-11,13H2,1-3H3. The van der Waals surface area contributed by atoms with E-state index in [0.29, 0.717) is 48.2 Å². The lowest BCUT2D eigenvalue weighted by Gasteiger charge is -2.30. The summed E-state index contributed by atoms with van der Waals surface area (Å²) in [7, 11) is 1.39. The first-order valence-electron chi connectivity index (χ1n) is 10.9. The molecule has 9 nitrogen and oxygen atoms in total. The second kappa shape index (κ2) is 10.6. The number of esters is 1. The molecule has 0 radical (unpaired) electrons. The van der Waals surface area contributed by atoms with Gasteiger partial charge in [0.05, 0.1) is 24.4 Å². The number of rotatable bonds is 6. The van der Waals surface area contributed by atoms with Crippen LogP contribution in [0.2, 0.25) is 0 Å². The van der Waals surface area contributed by atoms with Crippen molar-refractivity contribution in [3.63, 3.8) is 0 Å². The highest BCUT2D eigenvalue weighted by Gasteiger charge is 2.31. The van der Waals surface area contributed by atoms with Gasteiger partial charge in [-0.2, -0.15) is 0 Å². The molecule has 34 heavy (non-hydrogen) atoms. The largest absolute Gasteiger partial charge is 0.469 e. The Bertz CT molecular complexity index is 1170. The van der Waals surface area contributed by atoms with Crippen LogP contribution in [0.1, 0.15) is 40.4 Å². The summed E-state index contributed by atoms with van der Waals surface area (Å²) in [6, 6.07) is 9.58. The number of hydrogen-bond acceptors (Lipinski definition) is 8. The second-order valence-electron chi connectivity index (χ2n) is 8.08. The van der Waals surface area contributed by atoms with Crippen molar-refractivity contribution in [1.82, 2.24) is 29.9 Å². The van der Waals surface area contributed by atoms with Crippen LogP contribution in [0.3, 0.4) is 0 Å².